The Balaban J connectivity index is 1.42. The topological polar surface area (TPSA) is 121 Å². The molecule has 0 bridgehead atoms. The minimum Gasteiger partial charge on any atom is -0.348 e. The van der Waals surface area contributed by atoms with Gasteiger partial charge >= 0.3 is 0 Å². The maximum absolute atomic E-state index is 12.4. The molecule has 0 aliphatic carbocycles. The second-order valence-corrected chi connectivity index (χ2v) is 6.10. The molecule has 0 atom stereocenters. The molecule has 0 spiro atoms. The lowest BCUT2D eigenvalue weighted by Crippen LogP contribution is -2.22. The van der Waals surface area contributed by atoms with E-state index in [-0.39, 0.29) is 11.6 Å². The molecule has 29 heavy (non-hydrogen) atoms. The van der Waals surface area contributed by atoms with Gasteiger partial charge in [-0.05, 0) is 35.9 Å². The Hall–Kier alpha value is -4.34. The van der Waals surface area contributed by atoms with Gasteiger partial charge in [-0.2, -0.15) is 10.2 Å². The summed E-state index contributed by atoms with van der Waals surface area (Å²) >= 11 is 0. The smallest absolute Gasteiger partial charge is 0.269 e. The molecule has 0 saturated carbocycles. The molecule has 1 amide bonds. The highest BCUT2D eigenvalue weighted by atomic mass is 16.6. The number of aromatic nitrogens is 5. The molecule has 1 aromatic carbocycles. The Kier molecular flexibility index (Phi) is 4.81. The molecular weight excluding hydrogens is 374 g/mol. The predicted molar refractivity (Wildman–Crippen MR) is 103 cm³/mol. The third-order valence-electron chi connectivity index (χ3n) is 4.17. The number of hydrogen-bond donors (Lipinski definition) is 1. The van der Waals surface area contributed by atoms with Crippen LogP contribution in [0.1, 0.15) is 15.9 Å². The van der Waals surface area contributed by atoms with E-state index < -0.39 is 4.92 Å². The molecule has 4 rings (SSSR count). The van der Waals surface area contributed by atoms with Crippen LogP contribution in [0, 0.1) is 10.1 Å². The van der Waals surface area contributed by atoms with Crippen LogP contribution in [0.3, 0.4) is 0 Å². The van der Waals surface area contributed by atoms with Gasteiger partial charge in [0.15, 0.2) is 5.82 Å². The lowest BCUT2D eigenvalue weighted by Gasteiger charge is -2.06. The van der Waals surface area contributed by atoms with Gasteiger partial charge in [-0.25, -0.2) is 14.3 Å². The monoisotopic (exact) mass is 389 g/mol. The summed E-state index contributed by atoms with van der Waals surface area (Å²) in [6, 6.07) is 11.4. The fourth-order valence-corrected chi connectivity index (χ4v) is 2.69. The van der Waals surface area contributed by atoms with Gasteiger partial charge in [0.05, 0.1) is 22.4 Å². The molecule has 1 N–H and O–H groups in total. The lowest BCUT2D eigenvalue weighted by atomic mass is 10.2. The Morgan fingerprint density at radius 1 is 1.10 bits per heavy atom. The maximum Gasteiger partial charge on any atom is 0.269 e. The number of benzene rings is 1. The van der Waals surface area contributed by atoms with Crippen LogP contribution in [0.4, 0.5) is 5.69 Å². The van der Waals surface area contributed by atoms with Gasteiger partial charge in [-0.15, -0.1) is 0 Å². The van der Waals surface area contributed by atoms with E-state index in [0.717, 1.165) is 5.56 Å². The number of carbonyl (C=O) groups excluding carboxylic acids is 1. The molecule has 0 fully saturated rings. The molecule has 4 aromatic rings. The number of nitro groups is 1. The van der Waals surface area contributed by atoms with Gasteiger partial charge in [0, 0.05) is 43.5 Å². The highest BCUT2D eigenvalue weighted by molar-refractivity contribution is 5.93. The highest BCUT2D eigenvalue weighted by Gasteiger charge is 2.11. The fraction of sp³-hybridized carbons (Fsp3) is 0.0526. The molecule has 3 aromatic heterocycles. The zero-order valence-electron chi connectivity index (χ0n) is 15.0. The number of hydrogen-bond acceptors (Lipinski definition) is 6. The Bertz CT molecular complexity index is 1150. The molecular formula is C19H15N7O3. The fourth-order valence-electron chi connectivity index (χ4n) is 2.69. The molecule has 10 heteroatoms. The van der Waals surface area contributed by atoms with Crippen molar-refractivity contribution in [1.82, 2.24) is 29.9 Å². The largest absolute Gasteiger partial charge is 0.348 e. The Labute approximate surface area is 164 Å². The van der Waals surface area contributed by atoms with E-state index in [1.54, 1.807) is 47.7 Å². The van der Waals surface area contributed by atoms with Crippen molar-refractivity contribution in [3.05, 3.63) is 94.7 Å². The quantitative estimate of drug-likeness (QED) is 0.399. The predicted octanol–water partition coefficient (Wildman–Crippen LogP) is 2.29. The first-order valence-corrected chi connectivity index (χ1v) is 8.63. The van der Waals surface area contributed by atoms with Gasteiger partial charge in [-0.1, -0.05) is 0 Å². The van der Waals surface area contributed by atoms with Crippen molar-refractivity contribution in [2.45, 2.75) is 6.54 Å². The van der Waals surface area contributed by atoms with Crippen molar-refractivity contribution < 1.29 is 9.72 Å². The van der Waals surface area contributed by atoms with Gasteiger partial charge in [0.2, 0.25) is 0 Å². The number of nitro benzene ring substituents is 1. The molecule has 144 valence electrons. The average Bonchev–Trinajstić information content (AvgIpc) is 3.44. The van der Waals surface area contributed by atoms with Crippen LogP contribution in [0.25, 0.3) is 11.5 Å². The summed E-state index contributed by atoms with van der Waals surface area (Å²) in [6.07, 6.45) is 8.12. The minimum atomic E-state index is -0.470. The summed E-state index contributed by atoms with van der Waals surface area (Å²) in [5.74, 6) is 0.378. The van der Waals surface area contributed by atoms with Crippen LogP contribution in [0.15, 0.2) is 73.4 Å². The molecule has 0 saturated heterocycles. The van der Waals surface area contributed by atoms with Crippen molar-refractivity contribution in [2.75, 3.05) is 0 Å². The summed E-state index contributed by atoms with van der Waals surface area (Å²) in [7, 11) is 0. The van der Waals surface area contributed by atoms with E-state index in [1.807, 2.05) is 12.1 Å². The second kappa shape index (κ2) is 7.72. The molecule has 0 unspecified atom stereocenters. The third-order valence-corrected chi connectivity index (χ3v) is 4.17. The third kappa shape index (κ3) is 4.00. The van der Waals surface area contributed by atoms with Crippen LogP contribution in [-0.2, 0) is 6.54 Å². The number of non-ortho nitro benzene ring substituents is 1. The van der Waals surface area contributed by atoms with Gasteiger partial charge in [0.1, 0.15) is 0 Å². The molecule has 0 aliphatic rings. The van der Waals surface area contributed by atoms with Crippen molar-refractivity contribution in [2.24, 2.45) is 0 Å². The minimum absolute atomic E-state index is 0.00861. The van der Waals surface area contributed by atoms with Crippen LogP contribution in [0.2, 0.25) is 0 Å². The summed E-state index contributed by atoms with van der Waals surface area (Å²) in [5.41, 5.74) is 1.87. The normalized spacial score (nSPS) is 10.6. The van der Waals surface area contributed by atoms with E-state index in [1.165, 1.54) is 23.0 Å². The molecule has 0 radical (unpaired) electrons. The van der Waals surface area contributed by atoms with E-state index in [4.69, 9.17) is 0 Å². The van der Waals surface area contributed by atoms with Crippen molar-refractivity contribution in [1.29, 1.82) is 0 Å². The van der Waals surface area contributed by atoms with E-state index in [0.29, 0.717) is 23.6 Å². The number of nitrogens with zero attached hydrogens (tertiary/aromatic N) is 6. The summed E-state index contributed by atoms with van der Waals surface area (Å²) in [5, 5.41) is 21.9. The van der Waals surface area contributed by atoms with Gasteiger partial charge in [-0.3, -0.25) is 14.9 Å². The summed E-state index contributed by atoms with van der Waals surface area (Å²) in [6.45, 7) is 0.318. The van der Waals surface area contributed by atoms with Crippen LogP contribution < -0.4 is 5.32 Å². The van der Waals surface area contributed by atoms with Gasteiger partial charge in [0.25, 0.3) is 11.6 Å². The van der Waals surface area contributed by atoms with E-state index in [2.05, 4.69) is 20.5 Å². The number of nitrogens with one attached hydrogen (secondary N) is 1. The van der Waals surface area contributed by atoms with Crippen molar-refractivity contribution in [3.63, 3.8) is 0 Å². The molecule has 10 nitrogen and oxygen atoms in total. The SMILES string of the molecule is O=C(NCc1ccnc(-n2cccn2)c1)c1cnn(-c2ccc([N+](=O)[O-])cc2)c1. The molecule has 3 heterocycles. The van der Waals surface area contributed by atoms with E-state index in [9.17, 15) is 14.9 Å². The number of rotatable bonds is 6. The van der Waals surface area contributed by atoms with Crippen LogP contribution in [0.5, 0.6) is 0 Å². The summed E-state index contributed by atoms with van der Waals surface area (Å²) in [4.78, 5) is 27.0. The van der Waals surface area contributed by atoms with Gasteiger partial charge < -0.3 is 5.32 Å². The van der Waals surface area contributed by atoms with Crippen molar-refractivity contribution in [3.8, 4) is 11.5 Å². The summed E-state index contributed by atoms with van der Waals surface area (Å²) < 4.78 is 3.13. The first-order chi connectivity index (χ1) is 14.1. The first kappa shape index (κ1) is 18.0. The first-order valence-electron chi connectivity index (χ1n) is 8.63. The second-order valence-electron chi connectivity index (χ2n) is 6.10. The van der Waals surface area contributed by atoms with E-state index >= 15 is 0 Å². The zero-order valence-corrected chi connectivity index (χ0v) is 15.0. The number of pyridine rings is 1. The lowest BCUT2D eigenvalue weighted by molar-refractivity contribution is -0.384. The Morgan fingerprint density at radius 2 is 1.93 bits per heavy atom. The van der Waals surface area contributed by atoms with Crippen LogP contribution >= 0.6 is 0 Å². The van der Waals surface area contributed by atoms with Crippen molar-refractivity contribution >= 4 is 11.6 Å². The standard InChI is InChI=1S/C19H15N7O3/c27-19(21-11-14-6-8-20-18(10-14)24-9-1-7-22-24)15-12-23-25(13-15)16-2-4-17(5-3-16)26(28)29/h1-10,12-13H,11H2,(H,21,27). The zero-order chi connectivity index (χ0) is 20.2. The highest BCUT2D eigenvalue weighted by Crippen LogP contribution is 2.15. The Morgan fingerprint density at radius 3 is 2.66 bits per heavy atom. The van der Waals surface area contributed by atoms with Crippen LogP contribution in [-0.4, -0.2) is 35.4 Å². The maximum atomic E-state index is 12.4. The number of amides is 1. The number of carbonyl (C=O) groups is 1. The average molecular weight is 389 g/mol. The molecule has 0 aliphatic heterocycles.